The standard InChI is InChI=1S/C18H18N4O2S/c19-15-17-7-4-9-20-18(17)21-10-12-22(13-11-21)25(23,24)14-8-16-5-2-1-3-6-16/h1-9,14H,10-13H2/b14-8+. The van der Waals surface area contributed by atoms with Crippen LogP contribution in [0, 0.1) is 11.3 Å². The molecule has 6 nitrogen and oxygen atoms in total. The molecule has 0 bridgehead atoms. The zero-order valence-corrected chi connectivity index (χ0v) is 14.4. The third-order valence-electron chi connectivity index (χ3n) is 4.04. The summed E-state index contributed by atoms with van der Waals surface area (Å²) in [7, 11) is -3.46. The smallest absolute Gasteiger partial charge is 0.236 e. The van der Waals surface area contributed by atoms with Gasteiger partial charge in [-0.2, -0.15) is 9.57 Å². The van der Waals surface area contributed by atoms with Gasteiger partial charge in [-0.1, -0.05) is 30.3 Å². The Morgan fingerprint density at radius 3 is 2.44 bits per heavy atom. The van der Waals surface area contributed by atoms with E-state index >= 15 is 0 Å². The average molecular weight is 354 g/mol. The summed E-state index contributed by atoms with van der Waals surface area (Å²) in [5.74, 6) is 0.613. The van der Waals surface area contributed by atoms with Gasteiger partial charge in [0, 0.05) is 37.8 Å². The molecule has 0 amide bonds. The van der Waals surface area contributed by atoms with Crippen LogP contribution in [-0.4, -0.2) is 43.9 Å². The number of benzene rings is 1. The van der Waals surface area contributed by atoms with Crippen molar-refractivity contribution in [1.29, 1.82) is 5.26 Å². The molecule has 0 unspecified atom stereocenters. The lowest BCUT2D eigenvalue weighted by Crippen LogP contribution is -2.48. The van der Waals surface area contributed by atoms with Gasteiger partial charge in [-0.15, -0.1) is 0 Å². The maximum atomic E-state index is 12.5. The van der Waals surface area contributed by atoms with Crippen molar-refractivity contribution in [2.75, 3.05) is 31.1 Å². The van der Waals surface area contributed by atoms with Crippen LogP contribution in [0.25, 0.3) is 6.08 Å². The lowest BCUT2D eigenvalue weighted by atomic mass is 10.2. The van der Waals surface area contributed by atoms with Gasteiger partial charge in [0.15, 0.2) is 0 Å². The van der Waals surface area contributed by atoms with E-state index in [1.165, 1.54) is 9.71 Å². The Morgan fingerprint density at radius 1 is 1.04 bits per heavy atom. The first-order valence-electron chi connectivity index (χ1n) is 7.93. The van der Waals surface area contributed by atoms with E-state index in [1.807, 2.05) is 35.2 Å². The SMILES string of the molecule is N#Cc1cccnc1N1CCN(S(=O)(=O)/C=C/c2ccccc2)CC1. The van der Waals surface area contributed by atoms with Gasteiger partial charge >= 0.3 is 0 Å². The van der Waals surface area contributed by atoms with Crippen molar-refractivity contribution in [2.24, 2.45) is 0 Å². The summed E-state index contributed by atoms with van der Waals surface area (Å²) in [6.45, 7) is 1.74. The van der Waals surface area contributed by atoms with E-state index in [1.54, 1.807) is 24.4 Å². The Morgan fingerprint density at radius 2 is 1.76 bits per heavy atom. The maximum absolute atomic E-state index is 12.5. The number of pyridine rings is 1. The van der Waals surface area contributed by atoms with E-state index in [0.29, 0.717) is 37.6 Å². The Labute approximate surface area is 147 Å². The second-order valence-electron chi connectivity index (χ2n) is 5.63. The number of aromatic nitrogens is 1. The highest BCUT2D eigenvalue weighted by Gasteiger charge is 2.26. The molecule has 2 aromatic rings. The Hall–Kier alpha value is -2.69. The highest BCUT2D eigenvalue weighted by Crippen LogP contribution is 2.19. The van der Waals surface area contributed by atoms with Crippen molar-refractivity contribution in [3.63, 3.8) is 0 Å². The first-order valence-corrected chi connectivity index (χ1v) is 9.44. The molecule has 2 heterocycles. The number of nitriles is 1. The summed E-state index contributed by atoms with van der Waals surface area (Å²) in [5, 5.41) is 10.4. The van der Waals surface area contributed by atoms with Crippen LogP contribution in [0.3, 0.4) is 0 Å². The first-order chi connectivity index (χ1) is 12.1. The zero-order valence-electron chi connectivity index (χ0n) is 13.6. The summed E-state index contributed by atoms with van der Waals surface area (Å²) in [5.41, 5.74) is 1.35. The van der Waals surface area contributed by atoms with Crippen LogP contribution in [0.5, 0.6) is 0 Å². The van der Waals surface area contributed by atoms with Crippen molar-refractivity contribution >= 4 is 21.9 Å². The summed E-state index contributed by atoms with van der Waals surface area (Å²) >= 11 is 0. The second-order valence-corrected chi connectivity index (χ2v) is 7.45. The van der Waals surface area contributed by atoms with E-state index < -0.39 is 10.0 Å². The van der Waals surface area contributed by atoms with E-state index in [-0.39, 0.29) is 0 Å². The number of anilines is 1. The fourth-order valence-electron chi connectivity index (χ4n) is 2.71. The third-order valence-corrected chi connectivity index (χ3v) is 5.60. The van der Waals surface area contributed by atoms with Gasteiger partial charge in [-0.25, -0.2) is 13.4 Å². The fraction of sp³-hybridized carbons (Fsp3) is 0.222. The van der Waals surface area contributed by atoms with Gasteiger partial charge in [0.1, 0.15) is 11.9 Å². The molecule has 0 radical (unpaired) electrons. The van der Waals surface area contributed by atoms with Crippen LogP contribution in [0.4, 0.5) is 5.82 Å². The molecule has 7 heteroatoms. The molecule has 1 aromatic heterocycles. The predicted molar refractivity (Wildman–Crippen MR) is 97.1 cm³/mol. The minimum absolute atomic E-state index is 0.364. The topological polar surface area (TPSA) is 77.3 Å². The van der Waals surface area contributed by atoms with Gasteiger partial charge in [0.25, 0.3) is 0 Å². The first kappa shape index (κ1) is 17.1. The Balaban J connectivity index is 1.67. The molecule has 0 aliphatic carbocycles. The molecule has 1 aliphatic rings. The molecule has 128 valence electrons. The van der Waals surface area contributed by atoms with Crippen LogP contribution < -0.4 is 4.90 Å². The van der Waals surface area contributed by atoms with Crippen LogP contribution in [-0.2, 0) is 10.0 Å². The van der Waals surface area contributed by atoms with Gasteiger partial charge in [0.05, 0.1) is 5.56 Å². The molecular weight excluding hydrogens is 336 g/mol. The highest BCUT2D eigenvalue weighted by molar-refractivity contribution is 7.92. The minimum Gasteiger partial charge on any atom is -0.353 e. The maximum Gasteiger partial charge on any atom is 0.236 e. The van der Waals surface area contributed by atoms with Crippen molar-refractivity contribution in [1.82, 2.24) is 9.29 Å². The third kappa shape index (κ3) is 4.05. The predicted octanol–water partition coefficient (Wildman–Crippen LogP) is 2.08. The van der Waals surface area contributed by atoms with Gasteiger partial charge in [-0.05, 0) is 23.8 Å². The molecular formula is C18H18N4O2S. The monoisotopic (exact) mass is 354 g/mol. The number of rotatable bonds is 4. The summed E-state index contributed by atoms with van der Waals surface area (Å²) in [6.07, 6.45) is 3.25. The molecule has 0 saturated carbocycles. The molecule has 3 rings (SSSR count). The van der Waals surface area contributed by atoms with Gasteiger partial charge < -0.3 is 4.90 Å². The van der Waals surface area contributed by atoms with E-state index in [4.69, 9.17) is 0 Å². The molecule has 25 heavy (non-hydrogen) atoms. The average Bonchev–Trinajstić information content (AvgIpc) is 2.67. The summed E-state index contributed by atoms with van der Waals surface area (Å²) < 4.78 is 26.4. The van der Waals surface area contributed by atoms with Crippen molar-refractivity contribution in [3.8, 4) is 6.07 Å². The fourth-order valence-corrected chi connectivity index (χ4v) is 3.88. The molecule has 0 atom stereocenters. The van der Waals surface area contributed by atoms with Crippen LogP contribution >= 0.6 is 0 Å². The van der Waals surface area contributed by atoms with Crippen LogP contribution in [0.2, 0.25) is 0 Å². The van der Waals surface area contributed by atoms with E-state index in [0.717, 1.165) is 5.56 Å². The molecule has 1 aliphatic heterocycles. The number of hydrogen-bond donors (Lipinski definition) is 0. The molecule has 1 aromatic carbocycles. The lowest BCUT2D eigenvalue weighted by molar-refractivity contribution is 0.389. The van der Waals surface area contributed by atoms with Crippen molar-refractivity contribution in [2.45, 2.75) is 0 Å². The number of hydrogen-bond acceptors (Lipinski definition) is 5. The van der Waals surface area contributed by atoms with Crippen LogP contribution in [0.15, 0.2) is 54.1 Å². The molecule has 1 saturated heterocycles. The number of piperazine rings is 1. The van der Waals surface area contributed by atoms with E-state index in [2.05, 4.69) is 11.1 Å². The largest absolute Gasteiger partial charge is 0.353 e. The van der Waals surface area contributed by atoms with E-state index in [9.17, 15) is 13.7 Å². The number of sulfonamides is 1. The Kier molecular flexibility index (Phi) is 5.12. The van der Waals surface area contributed by atoms with Crippen LogP contribution in [0.1, 0.15) is 11.1 Å². The normalized spacial score (nSPS) is 16.0. The lowest BCUT2D eigenvalue weighted by Gasteiger charge is -2.34. The summed E-state index contributed by atoms with van der Waals surface area (Å²) in [6, 6.07) is 14.9. The molecule has 0 N–H and O–H groups in total. The molecule has 0 spiro atoms. The quantitative estimate of drug-likeness (QED) is 0.840. The van der Waals surface area contributed by atoms with Gasteiger partial charge in [0.2, 0.25) is 10.0 Å². The van der Waals surface area contributed by atoms with Crippen molar-refractivity contribution < 1.29 is 8.42 Å². The highest BCUT2D eigenvalue weighted by atomic mass is 32.2. The zero-order chi connectivity index (χ0) is 17.7. The molecule has 1 fully saturated rings. The number of nitrogens with zero attached hydrogens (tertiary/aromatic N) is 4. The summed E-state index contributed by atoms with van der Waals surface area (Å²) in [4.78, 5) is 6.21. The van der Waals surface area contributed by atoms with Crippen molar-refractivity contribution in [3.05, 3.63) is 65.2 Å². The second kappa shape index (κ2) is 7.47. The van der Waals surface area contributed by atoms with Gasteiger partial charge in [-0.3, -0.25) is 0 Å². The minimum atomic E-state index is -3.46. The Bertz CT molecular complexity index is 896.